The van der Waals surface area contributed by atoms with E-state index >= 15 is 0 Å². The fourth-order valence-electron chi connectivity index (χ4n) is 3.75. The molecule has 2 heterocycles. The van der Waals surface area contributed by atoms with Gasteiger partial charge in [0.25, 0.3) is 11.7 Å². The number of anilines is 2. The second-order valence-corrected chi connectivity index (χ2v) is 7.65. The molecular weight excluding hydrogens is 366 g/mol. The van der Waals surface area contributed by atoms with Gasteiger partial charge in [-0.25, -0.2) is 4.98 Å². The number of aryl methyl sites for hydroxylation is 2. The summed E-state index contributed by atoms with van der Waals surface area (Å²) in [6.07, 6.45) is 1.92. The van der Waals surface area contributed by atoms with E-state index in [1.165, 1.54) is 4.90 Å². The number of quaternary nitrogens is 1. The number of carbonyl (C=O) groups excluding carboxylic acids is 2. The topological polar surface area (TPSA) is 80.0 Å². The van der Waals surface area contributed by atoms with Crippen LogP contribution in [0.5, 0.6) is 0 Å². The molecule has 154 valence electrons. The molecule has 1 aliphatic rings. The van der Waals surface area contributed by atoms with E-state index in [0.29, 0.717) is 0 Å². The van der Waals surface area contributed by atoms with E-state index in [1.54, 1.807) is 0 Å². The van der Waals surface area contributed by atoms with Crippen LogP contribution in [0.1, 0.15) is 18.1 Å². The number of hydrogen-bond acceptors (Lipinski definition) is 3. The lowest BCUT2D eigenvalue weighted by Crippen LogP contribution is -3.19. The smallest absolute Gasteiger partial charge is 0.278 e. The zero-order valence-electron chi connectivity index (χ0n) is 17.4. The lowest BCUT2D eigenvalue weighted by molar-refractivity contribution is -0.914. The van der Waals surface area contributed by atoms with Crippen LogP contribution in [-0.4, -0.2) is 50.6 Å². The second-order valence-electron chi connectivity index (χ2n) is 7.65. The summed E-state index contributed by atoms with van der Waals surface area (Å²) in [5.74, 6) is 0.811. The van der Waals surface area contributed by atoms with Crippen molar-refractivity contribution in [2.24, 2.45) is 0 Å². The standard InChI is InChI=1S/C22H29N5O2/c1-16-7-6-8-17(2)21(16)25-20(28)15-24-22(29)18(3)26-11-13-27(14-12-26)19-9-4-5-10-23-19/h4-10,18H,11-15H2,1-3H3,(H,24,29)(H,25,28)/p+2/t18-/m0/s1. The maximum atomic E-state index is 12.6. The third-order valence-electron chi connectivity index (χ3n) is 5.61. The molecule has 0 saturated carbocycles. The second kappa shape index (κ2) is 9.52. The van der Waals surface area contributed by atoms with Crippen LogP contribution in [-0.2, 0) is 9.59 Å². The first-order valence-corrected chi connectivity index (χ1v) is 10.2. The normalized spacial score (nSPS) is 15.6. The highest BCUT2D eigenvalue weighted by Gasteiger charge is 2.32. The molecule has 1 aromatic heterocycles. The molecule has 4 N–H and O–H groups in total. The molecule has 7 nitrogen and oxygen atoms in total. The van der Waals surface area contributed by atoms with E-state index in [2.05, 4.69) is 26.6 Å². The molecule has 1 aromatic carbocycles. The summed E-state index contributed by atoms with van der Waals surface area (Å²) in [6, 6.07) is 11.7. The number of aromatic amines is 1. The number of nitrogens with one attached hydrogen (secondary N) is 4. The fraction of sp³-hybridized carbons (Fsp3) is 0.409. The van der Waals surface area contributed by atoms with Gasteiger partial charge in [0.05, 0.1) is 12.7 Å². The number of piperazine rings is 1. The van der Waals surface area contributed by atoms with Crippen LogP contribution in [0.4, 0.5) is 11.5 Å². The molecule has 0 spiro atoms. The minimum atomic E-state index is -0.206. The predicted octanol–water partition coefficient (Wildman–Crippen LogP) is -0.0342. The van der Waals surface area contributed by atoms with Gasteiger partial charge in [-0.3, -0.25) is 14.5 Å². The molecule has 2 amide bonds. The predicted molar refractivity (Wildman–Crippen MR) is 113 cm³/mol. The van der Waals surface area contributed by atoms with E-state index in [0.717, 1.165) is 48.8 Å². The molecule has 1 fully saturated rings. The summed E-state index contributed by atoms with van der Waals surface area (Å²) in [6.45, 7) is 9.37. The van der Waals surface area contributed by atoms with E-state index in [9.17, 15) is 9.59 Å². The Hall–Kier alpha value is -2.93. The van der Waals surface area contributed by atoms with E-state index in [4.69, 9.17) is 0 Å². The molecule has 0 radical (unpaired) electrons. The van der Waals surface area contributed by atoms with Gasteiger partial charge in [0.1, 0.15) is 26.2 Å². The third kappa shape index (κ3) is 5.32. The first-order chi connectivity index (χ1) is 14.0. The first kappa shape index (κ1) is 20.8. The number of hydrogen-bond donors (Lipinski definition) is 3. The number of amides is 2. The largest absolute Gasteiger partial charge is 0.342 e. The van der Waals surface area contributed by atoms with E-state index < -0.39 is 0 Å². The Balaban J connectivity index is 1.45. The van der Waals surface area contributed by atoms with Crippen LogP contribution in [0.2, 0.25) is 0 Å². The third-order valence-corrected chi connectivity index (χ3v) is 5.61. The molecular formula is C22H31N5O2+2. The number of nitrogens with zero attached hydrogens (tertiary/aromatic N) is 1. The van der Waals surface area contributed by atoms with Crippen molar-refractivity contribution in [3.05, 3.63) is 53.7 Å². The Kier molecular flexibility index (Phi) is 6.82. The Morgan fingerprint density at radius 3 is 2.41 bits per heavy atom. The highest BCUT2D eigenvalue weighted by atomic mass is 16.2. The van der Waals surface area contributed by atoms with Crippen LogP contribution in [0.3, 0.4) is 0 Å². The summed E-state index contributed by atoms with van der Waals surface area (Å²) in [4.78, 5) is 31.6. The number of para-hydroxylation sites is 1. The average Bonchev–Trinajstić information content (AvgIpc) is 2.75. The highest BCUT2D eigenvalue weighted by molar-refractivity contribution is 5.96. The quantitative estimate of drug-likeness (QED) is 0.640. The van der Waals surface area contributed by atoms with Gasteiger partial charge in [0.15, 0.2) is 6.04 Å². The van der Waals surface area contributed by atoms with E-state index in [1.807, 2.05) is 57.3 Å². The van der Waals surface area contributed by atoms with Crippen molar-refractivity contribution < 1.29 is 19.5 Å². The van der Waals surface area contributed by atoms with Crippen molar-refractivity contribution in [1.29, 1.82) is 0 Å². The lowest BCUT2D eigenvalue weighted by atomic mass is 10.1. The lowest BCUT2D eigenvalue weighted by Gasteiger charge is -2.31. The van der Waals surface area contributed by atoms with Crippen molar-refractivity contribution in [2.75, 3.05) is 42.9 Å². The maximum absolute atomic E-state index is 12.6. The molecule has 1 aliphatic heterocycles. The summed E-state index contributed by atoms with van der Waals surface area (Å²) >= 11 is 0. The van der Waals surface area contributed by atoms with Gasteiger partial charge in [0, 0.05) is 11.8 Å². The average molecular weight is 398 g/mol. The summed E-state index contributed by atoms with van der Waals surface area (Å²) in [5, 5.41) is 5.70. The van der Waals surface area contributed by atoms with Crippen molar-refractivity contribution in [2.45, 2.75) is 26.8 Å². The molecule has 7 heteroatoms. The highest BCUT2D eigenvalue weighted by Crippen LogP contribution is 2.18. The summed E-state index contributed by atoms with van der Waals surface area (Å²) in [7, 11) is 0. The summed E-state index contributed by atoms with van der Waals surface area (Å²) < 4.78 is 0. The Labute approximate surface area is 172 Å². The van der Waals surface area contributed by atoms with Gasteiger partial charge in [0.2, 0.25) is 5.91 Å². The number of rotatable bonds is 6. The fourth-order valence-corrected chi connectivity index (χ4v) is 3.75. The summed E-state index contributed by atoms with van der Waals surface area (Å²) in [5.41, 5.74) is 2.84. The molecule has 0 bridgehead atoms. The first-order valence-electron chi connectivity index (χ1n) is 10.2. The van der Waals surface area contributed by atoms with Gasteiger partial charge in [-0.2, -0.15) is 0 Å². The van der Waals surface area contributed by atoms with Crippen LogP contribution >= 0.6 is 0 Å². The minimum Gasteiger partial charge on any atom is -0.342 e. The zero-order valence-corrected chi connectivity index (χ0v) is 17.4. The number of benzene rings is 1. The van der Waals surface area contributed by atoms with Crippen molar-refractivity contribution in [3.63, 3.8) is 0 Å². The van der Waals surface area contributed by atoms with Crippen LogP contribution in [0.25, 0.3) is 0 Å². The zero-order chi connectivity index (χ0) is 20.8. The Morgan fingerprint density at radius 2 is 1.79 bits per heavy atom. The van der Waals surface area contributed by atoms with Crippen LogP contribution in [0.15, 0.2) is 42.6 Å². The van der Waals surface area contributed by atoms with Crippen LogP contribution in [0, 0.1) is 13.8 Å². The number of aromatic nitrogens is 1. The molecule has 29 heavy (non-hydrogen) atoms. The van der Waals surface area contributed by atoms with E-state index in [-0.39, 0.29) is 24.4 Å². The van der Waals surface area contributed by atoms with Gasteiger partial charge in [-0.15, -0.1) is 0 Å². The number of H-pyrrole nitrogens is 1. The molecule has 1 atom stereocenters. The molecule has 2 aromatic rings. The maximum Gasteiger partial charge on any atom is 0.278 e. The van der Waals surface area contributed by atoms with Crippen LogP contribution < -0.4 is 25.4 Å². The Morgan fingerprint density at radius 1 is 1.10 bits per heavy atom. The molecule has 1 saturated heterocycles. The van der Waals surface area contributed by atoms with Gasteiger partial charge >= 0.3 is 0 Å². The van der Waals surface area contributed by atoms with Gasteiger partial charge in [-0.05, 0) is 38.0 Å². The van der Waals surface area contributed by atoms with Gasteiger partial charge in [-0.1, -0.05) is 24.3 Å². The SMILES string of the molecule is Cc1cccc(C)c1NC(=O)CNC(=O)[C@H](C)[NH+]1CCN(c2cccc[nH+]2)CC1. The van der Waals surface area contributed by atoms with Crippen molar-refractivity contribution in [3.8, 4) is 0 Å². The van der Waals surface area contributed by atoms with Gasteiger partial charge < -0.3 is 15.5 Å². The Bertz CT molecular complexity index is 827. The minimum absolute atomic E-state index is 0.0185. The molecule has 3 rings (SSSR count). The molecule has 0 aliphatic carbocycles. The van der Waals surface area contributed by atoms with Crippen molar-refractivity contribution >= 4 is 23.3 Å². The number of carbonyl (C=O) groups is 2. The van der Waals surface area contributed by atoms with Crippen molar-refractivity contribution in [1.82, 2.24) is 5.32 Å². The monoisotopic (exact) mass is 397 g/mol. The molecule has 0 unspecified atom stereocenters. The number of pyridine rings is 1.